The van der Waals surface area contributed by atoms with Crippen LogP contribution in [0.25, 0.3) is 0 Å². The van der Waals surface area contributed by atoms with Crippen molar-refractivity contribution >= 4 is 23.7 Å². The summed E-state index contributed by atoms with van der Waals surface area (Å²) in [4.78, 5) is 47.9. The summed E-state index contributed by atoms with van der Waals surface area (Å²) in [6.07, 6.45) is -0.187. The molecule has 2 aromatic carbocycles. The molecule has 2 aromatic rings. The van der Waals surface area contributed by atoms with Gasteiger partial charge in [-0.3, -0.25) is 24.6 Å². The Balaban J connectivity index is 2.18. The first kappa shape index (κ1) is 18.9. The molecule has 0 fully saturated rings. The van der Waals surface area contributed by atoms with Crippen LogP contribution in [0.2, 0.25) is 0 Å². The molecule has 134 valence electrons. The zero-order chi connectivity index (χ0) is 18.9. The molecule has 7 heteroatoms. The highest BCUT2D eigenvalue weighted by Crippen LogP contribution is 2.09. The van der Waals surface area contributed by atoms with Crippen LogP contribution in [-0.2, 0) is 9.59 Å². The molecule has 2 N–H and O–H groups in total. The zero-order valence-electron chi connectivity index (χ0n) is 13.9. The number of hydrazine groups is 1. The fraction of sp³-hybridized carbons (Fsp3) is 0.158. The minimum absolute atomic E-state index is 0.105. The van der Waals surface area contributed by atoms with E-state index < -0.39 is 23.7 Å². The van der Waals surface area contributed by atoms with Gasteiger partial charge in [-0.15, -0.1) is 0 Å². The number of carboxylic acids is 1. The van der Waals surface area contributed by atoms with Crippen molar-refractivity contribution in [3.05, 3.63) is 71.8 Å². The molecule has 0 atom stereocenters. The van der Waals surface area contributed by atoms with Gasteiger partial charge in [-0.1, -0.05) is 36.4 Å². The van der Waals surface area contributed by atoms with E-state index in [4.69, 9.17) is 5.11 Å². The van der Waals surface area contributed by atoms with Crippen LogP contribution in [0.1, 0.15) is 40.0 Å². The van der Waals surface area contributed by atoms with Gasteiger partial charge in [-0.05, 0) is 30.7 Å². The number of amides is 3. The number of nitrogens with zero attached hydrogens (tertiary/aromatic N) is 1. The molecule has 0 aliphatic heterocycles. The van der Waals surface area contributed by atoms with Crippen LogP contribution in [0.5, 0.6) is 0 Å². The molecule has 0 heterocycles. The average molecular weight is 354 g/mol. The Hall–Kier alpha value is -3.48. The van der Waals surface area contributed by atoms with Crippen LogP contribution >= 0.6 is 0 Å². The number of hydrogen-bond donors (Lipinski definition) is 2. The number of carbonyl (C=O) groups excluding carboxylic acids is 3. The van der Waals surface area contributed by atoms with Gasteiger partial charge in [0.15, 0.2) is 0 Å². The zero-order valence-corrected chi connectivity index (χ0v) is 13.9. The van der Waals surface area contributed by atoms with E-state index in [9.17, 15) is 19.2 Å². The smallest absolute Gasteiger partial charge is 0.303 e. The van der Waals surface area contributed by atoms with Crippen LogP contribution in [-0.4, -0.2) is 33.8 Å². The summed E-state index contributed by atoms with van der Waals surface area (Å²) in [7, 11) is 0. The molecule has 0 radical (unpaired) electrons. The summed E-state index contributed by atoms with van der Waals surface area (Å²) in [6, 6.07) is 16.2. The molecule has 0 saturated heterocycles. The normalized spacial score (nSPS) is 10.0. The number of benzene rings is 2. The molecule has 0 aliphatic carbocycles. The van der Waals surface area contributed by atoms with Gasteiger partial charge in [0, 0.05) is 24.0 Å². The molecular formula is C19H18N2O5. The van der Waals surface area contributed by atoms with Gasteiger partial charge in [0.25, 0.3) is 11.8 Å². The third-order valence-corrected chi connectivity index (χ3v) is 3.48. The maximum atomic E-state index is 12.7. The molecule has 26 heavy (non-hydrogen) atoms. The number of carbonyl (C=O) groups is 4. The topological polar surface area (TPSA) is 104 Å². The Bertz CT molecular complexity index is 739. The second-order valence-corrected chi connectivity index (χ2v) is 5.46. The lowest BCUT2D eigenvalue weighted by Crippen LogP contribution is -2.49. The number of nitrogens with one attached hydrogen (secondary N) is 1. The van der Waals surface area contributed by atoms with Gasteiger partial charge in [-0.2, -0.15) is 5.01 Å². The first-order chi connectivity index (χ1) is 12.5. The largest absolute Gasteiger partial charge is 0.481 e. The molecule has 0 aromatic heterocycles. The SMILES string of the molecule is O=C(O)CCCC(=O)NN(C(=O)c1ccccc1)C(=O)c1ccccc1. The molecule has 0 bridgehead atoms. The number of imide groups is 1. The Morgan fingerprint density at radius 1 is 0.769 bits per heavy atom. The standard InChI is InChI=1S/C19H18N2O5/c22-16(12-7-13-17(23)24)20-21(18(25)14-8-3-1-4-9-14)19(26)15-10-5-2-6-11-15/h1-6,8-11H,7,12-13H2,(H,20,22)(H,23,24). The Morgan fingerprint density at radius 3 is 1.65 bits per heavy atom. The molecule has 0 unspecified atom stereocenters. The summed E-state index contributed by atoms with van der Waals surface area (Å²) in [5.74, 6) is -2.98. The van der Waals surface area contributed by atoms with Gasteiger partial charge in [0.1, 0.15) is 0 Å². The number of hydrogen-bond acceptors (Lipinski definition) is 4. The van der Waals surface area contributed by atoms with Gasteiger partial charge < -0.3 is 5.11 Å². The van der Waals surface area contributed by atoms with Gasteiger partial charge >= 0.3 is 5.97 Å². The fourth-order valence-electron chi connectivity index (χ4n) is 2.19. The first-order valence-corrected chi connectivity index (χ1v) is 7.99. The van der Waals surface area contributed by atoms with Crippen LogP contribution < -0.4 is 5.43 Å². The van der Waals surface area contributed by atoms with Crippen molar-refractivity contribution in [2.45, 2.75) is 19.3 Å². The van der Waals surface area contributed by atoms with Crippen molar-refractivity contribution in [3.8, 4) is 0 Å². The van der Waals surface area contributed by atoms with Crippen molar-refractivity contribution in [3.63, 3.8) is 0 Å². The second-order valence-electron chi connectivity index (χ2n) is 5.46. The first-order valence-electron chi connectivity index (χ1n) is 7.99. The lowest BCUT2D eigenvalue weighted by Gasteiger charge is -2.21. The molecule has 0 saturated carbocycles. The maximum absolute atomic E-state index is 12.7. The van der Waals surface area contributed by atoms with E-state index in [0.29, 0.717) is 5.01 Å². The van der Waals surface area contributed by atoms with E-state index in [2.05, 4.69) is 5.43 Å². The molecule has 7 nitrogen and oxygen atoms in total. The molecule has 2 rings (SSSR count). The monoisotopic (exact) mass is 354 g/mol. The van der Waals surface area contributed by atoms with Crippen LogP contribution in [0.3, 0.4) is 0 Å². The van der Waals surface area contributed by atoms with Crippen molar-refractivity contribution in [2.24, 2.45) is 0 Å². The lowest BCUT2D eigenvalue weighted by molar-refractivity contribution is -0.137. The average Bonchev–Trinajstić information content (AvgIpc) is 2.66. The van der Waals surface area contributed by atoms with Gasteiger partial charge in [0.05, 0.1) is 0 Å². The highest BCUT2D eigenvalue weighted by atomic mass is 16.4. The van der Waals surface area contributed by atoms with Crippen molar-refractivity contribution in [1.82, 2.24) is 10.4 Å². The summed E-state index contributed by atoms with van der Waals surface area (Å²) >= 11 is 0. The predicted molar refractivity (Wildman–Crippen MR) is 93.0 cm³/mol. The molecule has 0 spiro atoms. The van der Waals surface area contributed by atoms with Gasteiger partial charge in [0.2, 0.25) is 5.91 Å². The van der Waals surface area contributed by atoms with E-state index in [1.807, 2.05) is 0 Å². The number of aliphatic carboxylic acids is 1. The Labute approximate surface area is 150 Å². The number of rotatable bonds is 6. The third-order valence-electron chi connectivity index (χ3n) is 3.48. The summed E-state index contributed by atoms with van der Waals surface area (Å²) in [5.41, 5.74) is 2.77. The second kappa shape index (κ2) is 9.12. The number of carboxylic acid groups (broad SMARTS) is 1. The van der Waals surface area contributed by atoms with Crippen LogP contribution in [0.15, 0.2) is 60.7 Å². The lowest BCUT2D eigenvalue weighted by atomic mass is 10.1. The van der Waals surface area contributed by atoms with Crippen molar-refractivity contribution in [1.29, 1.82) is 0 Å². The summed E-state index contributed by atoms with van der Waals surface area (Å²) in [6.45, 7) is 0. The van der Waals surface area contributed by atoms with Crippen LogP contribution in [0, 0.1) is 0 Å². The van der Waals surface area contributed by atoms with Crippen molar-refractivity contribution < 1.29 is 24.3 Å². The van der Waals surface area contributed by atoms with Gasteiger partial charge in [-0.25, -0.2) is 0 Å². The van der Waals surface area contributed by atoms with E-state index in [-0.39, 0.29) is 30.4 Å². The van der Waals surface area contributed by atoms with E-state index in [1.165, 1.54) is 24.3 Å². The fourth-order valence-corrected chi connectivity index (χ4v) is 2.19. The summed E-state index contributed by atoms with van der Waals surface area (Å²) < 4.78 is 0. The quantitative estimate of drug-likeness (QED) is 0.612. The van der Waals surface area contributed by atoms with Crippen LogP contribution in [0.4, 0.5) is 0 Å². The van der Waals surface area contributed by atoms with E-state index in [1.54, 1.807) is 36.4 Å². The highest BCUT2D eigenvalue weighted by Gasteiger charge is 2.26. The Morgan fingerprint density at radius 2 is 1.23 bits per heavy atom. The summed E-state index contributed by atoms with van der Waals surface area (Å²) in [5, 5.41) is 9.29. The Kier molecular flexibility index (Phi) is 6.61. The van der Waals surface area contributed by atoms with E-state index in [0.717, 1.165) is 0 Å². The molecule has 0 aliphatic rings. The molecule has 3 amide bonds. The predicted octanol–water partition coefficient (Wildman–Crippen LogP) is 2.26. The molecular weight excluding hydrogens is 336 g/mol. The van der Waals surface area contributed by atoms with E-state index >= 15 is 0 Å². The minimum Gasteiger partial charge on any atom is -0.481 e. The highest BCUT2D eigenvalue weighted by molar-refractivity contribution is 6.11. The minimum atomic E-state index is -1.02. The van der Waals surface area contributed by atoms with Crippen molar-refractivity contribution in [2.75, 3.05) is 0 Å². The third kappa shape index (κ3) is 5.27. The maximum Gasteiger partial charge on any atom is 0.303 e.